The predicted octanol–water partition coefficient (Wildman–Crippen LogP) is 4.31. The molecule has 0 spiro atoms. The zero-order valence-corrected chi connectivity index (χ0v) is 12.8. The summed E-state index contributed by atoms with van der Waals surface area (Å²) in [7, 11) is 1.68. The smallest absolute Gasteiger partial charge is 0.118 e. The van der Waals surface area contributed by atoms with E-state index in [2.05, 4.69) is 58.5 Å². The lowest BCUT2D eigenvalue weighted by molar-refractivity contribution is 0.414. The van der Waals surface area contributed by atoms with Crippen molar-refractivity contribution in [1.29, 1.82) is 0 Å². The van der Waals surface area contributed by atoms with Crippen LogP contribution in [-0.4, -0.2) is 7.11 Å². The number of halogens is 1. The zero-order valence-electron chi connectivity index (χ0n) is 11.2. The Morgan fingerprint density at radius 1 is 1.16 bits per heavy atom. The van der Waals surface area contributed by atoms with Gasteiger partial charge in [-0.1, -0.05) is 40.2 Å². The highest BCUT2D eigenvalue weighted by atomic mass is 79.9. The van der Waals surface area contributed by atoms with E-state index in [1.54, 1.807) is 7.11 Å². The van der Waals surface area contributed by atoms with E-state index in [4.69, 9.17) is 4.74 Å². The summed E-state index contributed by atoms with van der Waals surface area (Å²) >= 11 is 3.50. The SMILES string of the molecule is COc1ccc(CNC(C)c2cccc(Br)c2)cc1. The molecule has 2 aromatic rings. The largest absolute Gasteiger partial charge is 0.497 e. The number of hydrogen-bond donors (Lipinski definition) is 1. The molecule has 0 radical (unpaired) electrons. The van der Waals surface area contributed by atoms with Crippen LogP contribution in [0.15, 0.2) is 53.0 Å². The van der Waals surface area contributed by atoms with E-state index in [-0.39, 0.29) is 0 Å². The van der Waals surface area contributed by atoms with Gasteiger partial charge in [0.2, 0.25) is 0 Å². The van der Waals surface area contributed by atoms with Crippen molar-refractivity contribution in [2.45, 2.75) is 19.5 Å². The van der Waals surface area contributed by atoms with Crippen molar-refractivity contribution in [2.24, 2.45) is 0 Å². The second-order valence-corrected chi connectivity index (χ2v) is 5.42. The van der Waals surface area contributed by atoms with Crippen LogP contribution in [0.3, 0.4) is 0 Å². The van der Waals surface area contributed by atoms with Crippen LogP contribution in [0.4, 0.5) is 0 Å². The maximum absolute atomic E-state index is 5.15. The van der Waals surface area contributed by atoms with Gasteiger partial charge in [0.05, 0.1) is 7.11 Å². The first-order valence-electron chi connectivity index (χ1n) is 6.31. The van der Waals surface area contributed by atoms with Crippen molar-refractivity contribution >= 4 is 15.9 Å². The summed E-state index contributed by atoms with van der Waals surface area (Å²) in [6, 6.07) is 16.8. The van der Waals surface area contributed by atoms with Crippen LogP contribution in [0.1, 0.15) is 24.1 Å². The Morgan fingerprint density at radius 2 is 1.89 bits per heavy atom. The predicted molar refractivity (Wildman–Crippen MR) is 82.4 cm³/mol. The molecular weight excluding hydrogens is 302 g/mol. The zero-order chi connectivity index (χ0) is 13.7. The number of rotatable bonds is 5. The van der Waals surface area contributed by atoms with Crippen LogP contribution >= 0.6 is 15.9 Å². The van der Waals surface area contributed by atoms with E-state index < -0.39 is 0 Å². The number of benzene rings is 2. The van der Waals surface area contributed by atoms with Crippen LogP contribution in [0.2, 0.25) is 0 Å². The van der Waals surface area contributed by atoms with E-state index in [0.29, 0.717) is 6.04 Å². The summed E-state index contributed by atoms with van der Waals surface area (Å²) in [5.41, 5.74) is 2.53. The van der Waals surface area contributed by atoms with Crippen molar-refractivity contribution in [1.82, 2.24) is 5.32 Å². The molecule has 0 aromatic heterocycles. The van der Waals surface area contributed by atoms with Gasteiger partial charge in [0.25, 0.3) is 0 Å². The molecule has 0 saturated heterocycles. The van der Waals surface area contributed by atoms with E-state index in [0.717, 1.165) is 16.8 Å². The summed E-state index contributed by atoms with van der Waals surface area (Å²) in [4.78, 5) is 0. The molecule has 1 atom stereocenters. The second kappa shape index (κ2) is 6.73. The highest BCUT2D eigenvalue weighted by molar-refractivity contribution is 9.10. The first-order valence-corrected chi connectivity index (χ1v) is 7.10. The maximum Gasteiger partial charge on any atom is 0.118 e. The molecule has 0 bridgehead atoms. The monoisotopic (exact) mass is 319 g/mol. The summed E-state index contributed by atoms with van der Waals surface area (Å²) in [5, 5.41) is 3.52. The second-order valence-electron chi connectivity index (χ2n) is 4.51. The Morgan fingerprint density at radius 3 is 2.53 bits per heavy atom. The normalized spacial score (nSPS) is 12.2. The molecule has 2 nitrogen and oxygen atoms in total. The van der Waals surface area contributed by atoms with E-state index in [9.17, 15) is 0 Å². The minimum Gasteiger partial charge on any atom is -0.497 e. The van der Waals surface area contributed by atoms with E-state index >= 15 is 0 Å². The van der Waals surface area contributed by atoms with Crippen LogP contribution in [-0.2, 0) is 6.54 Å². The van der Waals surface area contributed by atoms with Crippen LogP contribution in [0.5, 0.6) is 5.75 Å². The highest BCUT2D eigenvalue weighted by Crippen LogP contribution is 2.18. The van der Waals surface area contributed by atoms with Gasteiger partial charge in [0.15, 0.2) is 0 Å². The summed E-state index contributed by atoms with van der Waals surface area (Å²) < 4.78 is 6.27. The van der Waals surface area contributed by atoms with Gasteiger partial charge in [-0.3, -0.25) is 0 Å². The maximum atomic E-state index is 5.15. The topological polar surface area (TPSA) is 21.3 Å². The minimum atomic E-state index is 0.319. The van der Waals surface area contributed by atoms with Gasteiger partial charge in [0.1, 0.15) is 5.75 Å². The van der Waals surface area contributed by atoms with Crippen molar-refractivity contribution < 1.29 is 4.74 Å². The van der Waals surface area contributed by atoms with Crippen LogP contribution in [0.25, 0.3) is 0 Å². The Labute approximate surface area is 122 Å². The first kappa shape index (κ1) is 14.1. The Balaban J connectivity index is 1.94. The van der Waals surface area contributed by atoms with E-state index in [1.165, 1.54) is 11.1 Å². The Kier molecular flexibility index (Phi) is 5.00. The number of methoxy groups -OCH3 is 1. The van der Waals surface area contributed by atoms with Crippen molar-refractivity contribution in [2.75, 3.05) is 7.11 Å². The first-order chi connectivity index (χ1) is 9.19. The van der Waals surface area contributed by atoms with Crippen molar-refractivity contribution in [3.63, 3.8) is 0 Å². The molecule has 0 aliphatic carbocycles. The molecule has 0 fully saturated rings. The van der Waals surface area contributed by atoms with E-state index in [1.807, 2.05) is 18.2 Å². The lowest BCUT2D eigenvalue weighted by atomic mass is 10.1. The fourth-order valence-corrected chi connectivity index (χ4v) is 2.33. The highest BCUT2D eigenvalue weighted by Gasteiger charge is 2.05. The average molecular weight is 320 g/mol. The lowest BCUT2D eigenvalue weighted by Crippen LogP contribution is -2.17. The summed E-state index contributed by atoms with van der Waals surface area (Å²) in [6.07, 6.45) is 0. The number of ether oxygens (including phenoxy) is 1. The van der Waals surface area contributed by atoms with Gasteiger partial charge >= 0.3 is 0 Å². The van der Waals surface area contributed by atoms with Crippen molar-refractivity contribution in [3.05, 3.63) is 64.1 Å². The molecular formula is C16H18BrNO. The van der Waals surface area contributed by atoms with Gasteiger partial charge in [0, 0.05) is 17.1 Å². The van der Waals surface area contributed by atoms with Gasteiger partial charge in [-0.25, -0.2) is 0 Å². The fourth-order valence-electron chi connectivity index (χ4n) is 1.91. The molecule has 100 valence electrons. The third-order valence-corrected chi connectivity index (χ3v) is 3.61. The quantitative estimate of drug-likeness (QED) is 0.886. The molecule has 0 aliphatic rings. The Bertz CT molecular complexity index is 525. The molecule has 0 saturated carbocycles. The van der Waals surface area contributed by atoms with Crippen molar-refractivity contribution in [3.8, 4) is 5.75 Å². The number of hydrogen-bond acceptors (Lipinski definition) is 2. The molecule has 0 heterocycles. The van der Waals surface area contributed by atoms with Gasteiger partial charge in [-0.2, -0.15) is 0 Å². The molecule has 0 aliphatic heterocycles. The fraction of sp³-hybridized carbons (Fsp3) is 0.250. The lowest BCUT2D eigenvalue weighted by Gasteiger charge is -2.14. The van der Waals surface area contributed by atoms with Gasteiger partial charge in [-0.15, -0.1) is 0 Å². The summed E-state index contributed by atoms with van der Waals surface area (Å²) in [5.74, 6) is 0.892. The van der Waals surface area contributed by atoms with Crippen LogP contribution < -0.4 is 10.1 Å². The van der Waals surface area contributed by atoms with Gasteiger partial charge in [-0.05, 0) is 42.3 Å². The molecule has 2 aromatic carbocycles. The molecule has 0 amide bonds. The minimum absolute atomic E-state index is 0.319. The Hall–Kier alpha value is -1.32. The third-order valence-electron chi connectivity index (χ3n) is 3.12. The van der Waals surface area contributed by atoms with Gasteiger partial charge < -0.3 is 10.1 Å². The molecule has 1 unspecified atom stereocenters. The molecule has 2 rings (SSSR count). The number of nitrogens with one attached hydrogen (secondary N) is 1. The average Bonchev–Trinajstić information content (AvgIpc) is 2.45. The molecule has 3 heteroatoms. The molecule has 19 heavy (non-hydrogen) atoms. The molecule has 1 N–H and O–H groups in total. The third kappa shape index (κ3) is 4.08. The van der Waals surface area contributed by atoms with Crippen LogP contribution in [0, 0.1) is 0 Å². The summed E-state index contributed by atoms with van der Waals surface area (Å²) in [6.45, 7) is 3.02. The standard InChI is InChI=1S/C16H18BrNO/c1-12(14-4-3-5-15(17)10-14)18-11-13-6-8-16(19-2)9-7-13/h3-10,12,18H,11H2,1-2H3.